The van der Waals surface area contributed by atoms with E-state index in [2.05, 4.69) is 20.2 Å². The summed E-state index contributed by atoms with van der Waals surface area (Å²) >= 11 is 1.58. The number of amides is 1. The monoisotopic (exact) mass is 368 g/mol. The summed E-state index contributed by atoms with van der Waals surface area (Å²) < 4.78 is 5.32. The van der Waals surface area contributed by atoms with Gasteiger partial charge in [0.05, 0.1) is 18.7 Å². The summed E-state index contributed by atoms with van der Waals surface area (Å²) in [5.41, 5.74) is 1.62. The van der Waals surface area contributed by atoms with E-state index in [-0.39, 0.29) is 11.8 Å². The van der Waals surface area contributed by atoms with E-state index in [1.54, 1.807) is 24.6 Å². The van der Waals surface area contributed by atoms with Crippen LogP contribution in [-0.4, -0.2) is 36.1 Å². The molecular weight excluding hydrogens is 348 g/mol. The van der Waals surface area contributed by atoms with Gasteiger partial charge in [0, 0.05) is 19.3 Å². The number of anilines is 2. The summed E-state index contributed by atoms with van der Waals surface area (Å²) in [4.78, 5) is 24.9. The third kappa shape index (κ3) is 3.35. The molecule has 6 nitrogen and oxygen atoms in total. The maximum atomic E-state index is 12.8. The zero-order valence-corrected chi connectivity index (χ0v) is 15.3. The van der Waals surface area contributed by atoms with E-state index in [1.165, 1.54) is 0 Å². The lowest BCUT2D eigenvalue weighted by molar-refractivity contribution is -0.120. The number of rotatable bonds is 4. The fraction of sp³-hybridized carbons (Fsp3) is 0.316. The molecule has 0 bridgehead atoms. The van der Waals surface area contributed by atoms with Crippen LogP contribution in [0.15, 0.2) is 42.6 Å². The van der Waals surface area contributed by atoms with E-state index < -0.39 is 0 Å². The highest BCUT2D eigenvalue weighted by Gasteiger charge is 2.28. The first kappa shape index (κ1) is 16.8. The van der Waals surface area contributed by atoms with Gasteiger partial charge in [0.2, 0.25) is 5.91 Å². The molecule has 0 aliphatic carbocycles. The summed E-state index contributed by atoms with van der Waals surface area (Å²) in [5.74, 6) is 0.623. The molecular formula is C19H20N4O2S. The Bertz CT molecular complexity index is 894. The van der Waals surface area contributed by atoms with Gasteiger partial charge < -0.3 is 15.0 Å². The van der Waals surface area contributed by atoms with E-state index in [4.69, 9.17) is 4.74 Å². The Labute approximate surface area is 155 Å². The molecule has 1 amide bonds. The Kier molecular flexibility index (Phi) is 4.71. The van der Waals surface area contributed by atoms with Crippen molar-refractivity contribution in [3.63, 3.8) is 0 Å². The van der Waals surface area contributed by atoms with Crippen molar-refractivity contribution in [2.75, 3.05) is 30.4 Å². The minimum absolute atomic E-state index is 0.0263. The Balaban J connectivity index is 1.48. The highest BCUT2D eigenvalue weighted by Crippen LogP contribution is 2.31. The minimum Gasteiger partial charge on any atom is -0.495 e. The van der Waals surface area contributed by atoms with Gasteiger partial charge in [-0.15, -0.1) is 0 Å². The van der Waals surface area contributed by atoms with Crippen molar-refractivity contribution in [2.24, 2.45) is 5.92 Å². The Hall–Kier alpha value is -2.67. The van der Waals surface area contributed by atoms with Crippen molar-refractivity contribution < 1.29 is 9.53 Å². The fourth-order valence-electron chi connectivity index (χ4n) is 3.24. The number of nitrogens with zero attached hydrogens (tertiary/aromatic N) is 3. The molecule has 4 rings (SSSR count). The van der Waals surface area contributed by atoms with Gasteiger partial charge in [-0.05, 0) is 37.1 Å². The van der Waals surface area contributed by atoms with Crippen LogP contribution < -0.4 is 15.0 Å². The van der Waals surface area contributed by atoms with Crippen LogP contribution in [0, 0.1) is 5.92 Å². The number of methoxy groups -OCH3 is 1. The van der Waals surface area contributed by atoms with Crippen molar-refractivity contribution >= 4 is 38.4 Å². The first-order valence-electron chi connectivity index (χ1n) is 8.65. The normalized spacial score (nSPS) is 17.3. The Morgan fingerprint density at radius 3 is 3.04 bits per heavy atom. The molecule has 0 radical (unpaired) electrons. The number of ether oxygens (including phenoxy) is 1. The van der Waals surface area contributed by atoms with Crippen molar-refractivity contribution in [2.45, 2.75) is 12.8 Å². The average molecular weight is 368 g/mol. The van der Waals surface area contributed by atoms with E-state index in [0.29, 0.717) is 18.0 Å². The maximum Gasteiger partial charge on any atom is 0.229 e. The molecule has 1 fully saturated rings. The molecule has 1 saturated heterocycles. The molecule has 134 valence electrons. The van der Waals surface area contributed by atoms with E-state index >= 15 is 0 Å². The van der Waals surface area contributed by atoms with E-state index in [1.807, 2.05) is 36.4 Å². The molecule has 0 saturated carbocycles. The van der Waals surface area contributed by atoms with Gasteiger partial charge in [0.15, 0.2) is 5.13 Å². The number of thiazole rings is 1. The zero-order valence-electron chi connectivity index (χ0n) is 14.5. The van der Waals surface area contributed by atoms with Crippen LogP contribution in [0.2, 0.25) is 0 Å². The van der Waals surface area contributed by atoms with Crippen molar-refractivity contribution in [3.05, 3.63) is 42.6 Å². The average Bonchev–Trinajstić information content (AvgIpc) is 3.13. The SMILES string of the molecule is COc1ccccc1NC(=O)[C@@H]1CCCN(c2nc3cccnc3s2)C1. The second-order valence-electron chi connectivity index (χ2n) is 6.30. The largest absolute Gasteiger partial charge is 0.495 e. The number of carbonyl (C=O) groups is 1. The summed E-state index contributed by atoms with van der Waals surface area (Å²) in [6, 6.07) is 11.3. The number of benzene rings is 1. The van der Waals surface area contributed by atoms with Crippen LogP contribution >= 0.6 is 11.3 Å². The molecule has 1 aliphatic heterocycles. The zero-order chi connectivity index (χ0) is 17.9. The summed E-state index contributed by atoms with van der Waals surface area (Å²) in [5, 5.41) is 3.95. The van der Waals surface area contributed by atoms with Gasteiger partial charge in [-0.3, -0.25) is 4.79 Å². The van der Waals surface area contributed by atoms with E-state index in [0.717, 1.165) is 34.9 Å². The van der Waals surface area contributed by atoms with Crippen LogP contribution in [-0.2, 0) is 4.79 Å². The first-order chi connectivity index (χ1) is 12.7. The number of para-hydroxylation sites is 2. The topological polar surface area (TPSA) is 67.3 Å². The van der Waals surface area contributed by atoms with Gasteiger partial charge in [0.25, 0.3) is 0 Å². The summed E-state index contributed by atoms with van der Waals surface area (Å²) in [6.07, 6.45) is 3.62. The third-order valence-electron chi connectivity index (χ3n) is 4.58. The molecule has 3 heterocycles. The van der Waals surface area contributed by atoms with E-state index in [9.17, 15) is 4.79 Å². The van der Waals surface area contributed by atoms with Crippen molar-refractivity contribution in [1.29, 1.82) is 0 Å². The number of nitrogens with one attached hydrogen (secondary N) is 1. The minimum atomic E-state index is -0.0753. The van der Waals surface area contributed by atoms with Crippen molar-refractivity contribution in [1.82, 2.24) is 9.97 Å². The molecule has 1 N–H and O–H groups in total. The Morgan fingerprint density at radius 1 is 1.31 bits per heavy atom. The number of piperidine rings is 1. The number of carbonyl (C=O) groups excluding carboxylic acids is 1. The standard InChI is InChI=1S/C19H20N4O2S/c1-25-16-9-3-2-7-14(16)21-17(24)13-6-5-11-23(12-13)19-22-15-8-4-10-20-18(15)26-19/h2-4,7-10,13H,5-6,11-12H2,1H3,(H,21,24)/t13-/m1/s1. The van der Waals surface area contributed by atoms with Gasteiger partial charge in [-0.25, -0.2) is 9.97 Å². The number of hydrogen-bond acceptors (Lipinski definition) is 6. The van der Waals surface area contributed by atoms with Gasteiger partial charge >= 0.3 is 0 Å². The predicted octanol–water partition coefficient (Wildman–Crippen LogP) is 3.56. The number of hydrogen-bond donors (Lipinski definition) is 1. The van der Waals surface area contributed by atoms with Crippen LogP contribution in [0.1, 0.15) is 12.8 Å². The van der Waals surface area contributed by atoms with Crippen LogP contribution in [0.25, 0.3) is 10.3 Å². The second kappa shape index (κ2) is 7.29. The summed E-state index contributed by atoms with van der Waals surface area (Å²) in [7, 11) is 1.61. The molecule has 0 unspecified atom stereocenters. The third-order valence-corrected chi connectivity index (χ3v) is 5.62. The molecule has 26 heavy (non-hydrogen) atoms. The van der Waals surface area contributed by atoms with Gasteiger partial charge in [0.1, 0.15) is 16.1 Å². The second-order valence-corrected chi connectivity index (χ2v) is 7.25. The molecule has 7 heteroatoms. The molecule has 0 spiro atoms. The van der Waals surface area contributed by atoms with Crippen LogP contribution in [0.5, 0.6) is 5.75 Å². The summed E-state index contributed by atoms with van der Waals surface area (Å²) in [6.45, 7) is 1.58. The smallest absolute Gasteiger partial charge is 0.229 e. The quantitative estimate of drug-likeness (QED) is 0.763. The highest BCUT2D eigenvalue weighted by molar-refractivity contribution is 7.21. The molecule has 2 aromatic heterocycles. The molecule has 1 atom stereocenters. The first-order valence-corrected chi connectivity index (χ1v) is 9.46. The molecule has 1 aromatic carbocycles. The highest BCUT2D eigenvalue weighted by atomic mass is 32.1. The fourth-order valence-corrected chi connectivity index (χ4v) is 4.18. The lowest BCUT2D eigenvalue weighted by Crippen LogP contribution is -2.40. The molecule has 1 aliphatic rings. The van der Waals surface area contributed by atoms with Crippen molar-refractivity contribution in [3.8, 4) is 5.75 Å². The lowest BCUT2D eigenvalue weighted by Gasteiger charge is -2.31. The molecule has 3 aromatic rings. The Morgan fingerprint density at radius 2 is 2.19 bits per heavy atom. The van der Waals surface area contributed by atoms with Gasteiger partial charge in [-0.2, -0.15) is 0 Å². The lowest BCUT2D eigenvalue weighted by atomic mass is 9.97. The maximum absolute atomic E-state index is 12.8. The number of pyridine rings is 1. The predicted molar refractivity (Wildman–Crippen MR) is 104 cm³/mol. The number of fused-ring (bicyclic) bond motifs is 1. The van der Waals surface area contributed by atoms with Crippen LogP contribution in [0.4, 0.5) is 10.8 Å². The number of aromatic nitrogens is 2. The van der Waals surface area contributed by atoms with Gasteiger partial charge in [-0.1, -0.05) is 23.5 Å². The van der Waals surface area contributed by atoms with Crippen LogP contribution in [0.3, 0.4) is 0 Å².